The molecule has 7 atom stereocenters. The van der Waals surface area contributed by atoms with Crippen LogP contribution in [0.3, 0.4) is 0 Å². The van der Waals surface area contributed by atoms with Gasteiger partial charge in [0.25, 0.3) is 0 Å². The van der Waals surface area contributed by atoms with Gasteiger partial charge in [0.2, 0.25) is 0 Å². The zero-order valence-corrected chi connectivity index (χ0v) is 78.1. The van der Waals surface area contributed by atoms with Crippen LogP contribution in [0.2, 0.25) is 0 Å². The molecule has 19 heteroatoms. The Morgan fingerprint density at radius 3 is 0.661 bits per heavy atom. The lowest BCUT2D eigenvalue weighted by Crippen LogP contribution is -2.30. The normalized spacial score (nSPS) is 14.2. The molecule has 0 aromatic rings. The van der Waals surface area contributed by atoms with Crippen LogP contribution in [0.25, 0.3) is 0 Å². The molecule has 0 fully saturated rings. The topological polar surface area (TPSA) is 237 Å². The molecule has 0 spiro atoms. The van der Waals surface area contributed by atoms with Crippen LogP contribution in [-0.2, 0) is 65.4 Å². The van der Waals surface area contributed by atoms with Gasteiger partial charge in [0.15, 0.2) is 12.2 Å². The molecular formula is C96H188O17P2. The number of unbranched alkanes of at least 4 members (excludes halogenated alkanes) is 60. The highest BCUT2D eigenvalue weighted by Crippen LogP contribution is 2.45. The summed E-state index contributed by atoms with van der Waals surface area (Å²) in [5.41, 5.74) is 0. The van der Waals surface area contributed by atoms with Crippen molar-refractivity contribution in [1.82, 2.24) is 0 Å². The minimum atomic E-state index is -4.97. The number of aliphatic hydroxyl groups is 1. The molecule has 4 unspecified atom stereocenters. The van der Waals surface area contributed by atoms with Gasteiger partial charge in [0, 0.05) is 25.7 Å². The number of hydrogen-bond acceptors (Lipinski definition) is 15. The van der Waals surface area contributed by atoms with Crippen LogP contribution in [0, 0.1) is 17.8 Å². The summed E-state index contributed by atoms with van der Waals surface area (Å²) in [6, 6.07) is 0. The predicted molar refractivity (Wildman–Crippen MR) is 478 cm³/mol. The number of carbonyl (C=O) groups excluding carboxylic acids is 4. The van der Waals surface area contributed by atoms with Gasteiger partial charge in [-0.3, -0.25) is 37.3 Å². The fourth-order valence-corrected chi connectivity index (χ4v) is 16.7. The highest BCUT2D eigenvalue weighted by Gasteiger charge is 2.31. The van der Waals surface area contributed by atoms with E-state index >= 15 is 0 Å². The third-order valence-electron chi connectivity index (χ3n) is 23.4. The Hall–Kier alpha value is -1.94. The summed E-state index contributed by atoms with van der Waals surface area (Å²) in [6.45, 7) is 12.1. The Kier molecular flexibility index (Phi) is 84.2. The van der Waals surface area contributed by atoms with Crippen molar-refractivity contribution in [3.05, 3.63) is 0 Å². The Bertz CT molecular complexity index is 2200. The third-order valence-corrected chi connectivity index (χ3v) is 25.3. The zero-order valence-electron chi connectivity index (χ0n) is 76.3. The van der Waals surface area contributed by atoms with Crippen molar-refractivity contribution in [2.75, 3.05) is 39.6 Å². The first-order valence-electron chi connectivity index (χ1n) is 49.4. The summed E-state index contributed by atoms with van der Waals surface area (Å²) in [5.74, 6) is 0.327. The lowest BCUT2D eigenvalue weighted by atomic mass is 9.99. The maximum Gasteiger partial charge on any atom is 0.472 e. The number of hydrogen-bond donors (Lipinski definition) is 3. The second kappa shape index (κ2) is 85.6. The van der Waals surface area contributed by atoms with Gasteiger partial charge in [0.1, 0.15) is 19.3 Å². The van der Waals surface area contributed by atoms with E-state index in [2.05, 4.69) is 48.5 Å². The fourth-order valence-electron chi connectivity index (χ4n) is 15.1. The van der Waals surface area contributed by atoms with Crippen LogP contribution in [-0.4, -0.2) is 96.7 Å². The first-order chi connectivity index (χ1) is 55.8. The molecule has 115 heavy (non-hydrogen) atoms. The van der Waals surface area contributed by atoms with Crippen LogP contribution in [0.4, 0.5) is 0 Å². The molecule has 0 rings (SSSR count). The summed E-state index contributed by atoms with van der Waals surface area (Å²) in [5, 5.41) is 10.7. The van der Waals surface area contributed by atoms with Gasteiger partial charge in [-0.25, -0.2) is 9.13 Å². The molecule has 0 aliphatic rings. The number of esters is 4. The number of aliphatic hydroxyl groups excluding tert-OH is 1. The van der Waals surface area contributed by atoms with Crippen molar-refractivity contribution in [1.29, 1.82) is 0 Å². The van der Waals surface area contributed by atoms with Crippen LogP contribution >= 0.6 is 15.6 Å². The summed E-state index contributed by atoms with van der Waals surface area (Å²) in [7, 11) is -9.94. The van der Waals surface area contributed by atoms with E-state index in [1.165, 1.54) is 321 Å². The van der Waals surface area contributed by atoms with E-state index in [1.807, 2.05) is 0 Å². The van der Waals surface area contributed by atoms with E-state index in [0.29, 0.717) is 31.6 Å². The molecule has 0 heterocycles. The van der Waals surface area contributed by atoms with Crippen molar-refractivity contribution in [2.24, 2.45) is 17.8 Å². The van der Waals surface area contributed by atoms with E-state index in [0.717, 1.165) is 108 Å². The lowest BCUT2D eigenvalue weighted by Gasteiger charge is -2.21. The first-order valence-corrected chi connectivity index (χ1v) is 52.4. The molecule has 0 radical (unpaired) electrons. The molecule has 0 aromatic heterocycles. The molecule has 17 nitrogen and oxygen atoms in total. The van der Waals surface area contributed by atoms with Gasteiger partial charge in [0.05, 0.1) is 26.4 Å². The molecular weight excluding hydrogens is 1490 g/mol. The van der Waals surface area contributed by atoms with E-state index in [4.69, 9.17) is 37.0 Å². The summed E-state index contributed by atoms with van der Waals surface area (Å²) in [6.07, 6.45) is 81.0. The number of phosphoric ester groups is 2. The SMILES string of the molecule is CCCCCCCCCCCCCCCCCCCCCCCCC(=O)O[C@H](COC(=O)CCCCCCCCC(C)C)COP(=O)(O)OC[C@H](O)COP(=O)(O)OC[C@@H](COC(=O)CCCCCCCCCCCCCCCCCCCCC(C)CC)OC(=O)CCCCCCCCCCCCCCCCCCCCC(C)CC. The van der Waals surface area contributed by atoms with E-state index in [9.17, 15) is 43.2 Å². The Balaban J connectivity index is 5.18. The van der Waals surface area contributed by atoms with Gasteiger partial charge in [-0.1, -0.05) is 466 Å². The Morgan fingerprint density at radius 2 is 0.443 bits per heavy atom. The van der Waals surface area contributed by atoms with Gasteiger partial charge in [-0.2, -0.15) is 0 Å². The Morgan fingerprint density at radius 1 is 0.252 bits per heavy atom. The van der Waals surface area contributed by atoms with Crippen molar-refractivity contribution >= 4 is 39.5 Å². The number of rotatable bonds is 94. The highest BCUT2D eigenvalue weighted by molar-refractivity contribution is 7.47. The molecule has 3 N–H and O–H groups in total. The van der Waals surface area contributed by atoms with Crippen molar-refractivity contribution < 1.29 is 80.2 Å². The maximum absolute atomic E-state index is 13.2. The Labute approximate surface area is 708 Å². The second-order valence-corrected chi connectivity index (χ2v) is 38.3. The summed E-state index contributed by atoms with van der Waals surface area (Å²) in [4.78, 5) is 73.5. The van der Waals surface area contributed by atoms with Crippen LogP contribution in [0.5, 0.6) is 0 Å². The molecule has 0 aromatic carbocycles. The van der Waals surface area contributed by atoms with E-state index in [-0.39, 0.29) is 25.7 Å². The molecule has 684 valence electrons. The molecule has 0 bridgehead atoms. The maximum atomic E-state index is 13.2. The second-order valence-electron chi connectivity index (χ2n) is 35.4. The van der Waals surface area contributed by atoms with Crippen molar-refractivity contribution in [3.8, 4) is 0 Å². The quantitative estimate of drug-likeness (QED) is 0.0222. The molecule has 0 aliphatic carbocycles. The molecule has 0 amide bonds. The largest absolute Gasteiger partial charge is 0.472 e. The number of phosphoric acid groups is 2. The third kappa shape index (κ3) is 86.8. The molecule has 0 saturated carbocycles. The average Bonchev–Trinajstić information content (AvgIpc) is 0.900. The van der Waals surface area contributed by atoms with Gasteiger partial charge >= 0.3 is 39.5 Å². The summed E-state index contributed by atoms with van der Waals surface area (Å²) >= 11 is 0. The molecule has 0 aliphatic heterocycles. The minimum absolute atomic E-state index is 0.108. The smallest absolute Gasteiger partial charge is 0.462 e. The zero-order chi connectivity index (χ0) is 84.3. The fraction of sp³-hybridized carbons (Fsp3) is 0.958. The van der Waals surface area contributed by atoms with Gasteiger partial charge in [-0.05, 0) is 43.4 Å². The standard InChI is InChI=1S/C96H188O17P2/c1-8-11-12-13-14-15-16-17-18-19-20-21-22-23-31-36-41-46-51-56-66-73-80-96(101)113-92(84-107-94(99)78-71-64-59-58-60-67-74-87(4)5)86-111-115(104,105)109-82-90(97)81-108-114(102,103)110-85-91(112-95(100)79-72-65-57-52-47-42-37-32-27-25-29-34-39-44-49-54-62-69-76-89(7)10-3)83-106-93(98)77-70-63-55-50-45-40-35-30-26-24-28-33-38-43-48-53-61-68-75-88(6)9-2/h87-92,97H,8-86H2,1-7H3,(H,102,103)(H,104,105)/t88?,89?,90-,91-,92-/m1/s1. The minimum Gasteiger partial charge on any atom is -0.462 e. The van der Waals surface area contributed by atoms with Crippen LogP contribution in [0.15, 0.2) is 0 Å². The average molecular weight is 1680 g/mol. The van der Waals surface area contributed by atoms with E-state index in [1.54, 1.807) is 0 Å². The van der Waals surface area contributed by atoms with Crippen LogP contribution in [0.1, 0.15) is 517 Å². The van der Waals surface area contributed by atoms with Gasteiger partial charge in [-0.15, -0.1) is 0 Å². The highest BCUT2D eigenvalue weighted by atomic mass is 31.2. The summed E-state index contributed by atoms with van der Waals surface area (Å²) < 4.78 is 69.1. The first kappa shape index (κ1) is 113. The molecule has 0 saturated heterocycles. The lowest BCUT2D eigenvalue weighted by molar-refractivity contribution is -0.161. The van der Waals surface area contributed by atoms with Crippen molar-refractivity contribution in [2.45, 2.75) is 535 Å². The van der Waals surface area contributed by atoms with Crippen molar-refractivity contribution in [3.63, 3.8) is 0 Å². The number of carbonyl (C=O) groups is 4. The monoisotopic (exact) mass is 1680 g/mol. The van der Waals surface area contributed by atoms with E-state index < -0.39 is 97.5 Å². The van der Waals surface area contributed by atoms with Gasteiger partial charge < -0.3 is 33.8 Å². The predicted octanol–water partition coefficient (Wildman–Crippen LogP) is 30.0. The van der Waals surface area contributed by atoms with Crippen LogP contribution < -0.4 is 0 Å². The number of ether oxygens (including phenoxy) is 4.